The van der Waals surface area contributed by atoms with Gasteiger partial charge in [0.25, 0.3) is 5.91 Å². The zero-order valence-electron chi connectivity index (χ0n) is 22.0. The Hall–Kier alpha value is -2.94. The first kappa shape index (κ1) is 33.3. The summed E-state index contributed by atoms with van der Waals surface area (Å²) in [4.78, 5) is 24.8. The van der Waals surface area contributed by atoms with Gasteiger partial charge in [0.05, 0.1) is 19.1 Å². The number of sulfonamides is 1. The van der Waals surface area contributed by atoms with Crippen molar-refractivity contribution in [3.05, 3.63) is 77.9 Å². The minimum absolute atomic E-state index is 0. The van der Waals surface area contributed by atoms with Crippen LogP contribution >= 0.6 is 11.8 Å². The predicted molar refractivity (Wildman–Crippen MR) is 159 cm³/mol. The molecule has 1 amide bonds. The number of thioether (sulfide) groups is 1. The molecular formula is C28H33LiN2O7S2. The van der Waals surface area contributed by atoms with Crippen molar-refractivity contribution in [2.45, 2.75) is 23.8 Å². The quantitative estimate of drug-likeness (QED) is 0.248. The van der Waals surface area contributed by atoms with Crippen LogP contribution in [0.5, 0.6) is 11.5 Å². The standard InChI is InChI=1S/C28H32N2O7S2.Li.H/c1-36-25-12-9-19(17-26(25)37-2)13-15-29-39(34,35)21-10-11-22(23(18-21)20-7-5-4-6-8-20)27(31)30-24(28(32)33)14-16-38-3;;/h4-12,17-18,24,29H,13-16H2,1-3H3,(H,30,31)(H,32,33);;/t24-;;/m0../s1. The number of ether oxygens (including phenoxy) is 2. The van der Waals surface area contributed by atoms with E-state index in [-0.39, 0.29) is 42.3 Å². The number of amides is 1. The fourth-order valence-corrected chi connectivity index (χ4v) is 5.45. The summed E-state index contributed by atoms with van der Waals surface area (Å²) >= 11 is 1.48. The molecule has 40 heavy (non-hydrogen) atoms. The van der Waals surface area contributed by atoms with Crippen molar-refractivity contribution in [1.29, 1.82) is 0 Å². The van der Waals surface area contributed by atoms with Gasteiger partial charge >= 0.3 is 24.8 Å². The van der Waals surface area contributed by atoms with Gasteiger partial charge in [-0.2, -0.15) is 11.8 Å². The van der Waals surface area contributed by atoms with Crippen LogP contribution in [0.4, 0.5) is 0 Å². The van der Waals surface area contributed by atoms with E-state index in [1.54, 1.807) is 43.5 Å². The summed E-state index contributed by atoms with van der Waals surface area (Å²) in [6.45, 7) is 0.135. The molecule has 1 atom stereocenters. The average Bonchev–Trinajstić information content (AvgIpc) is 2.94. The van der Waals surface area contributed by atoms with E-state index in [0.717, 1.165) is 5.56 Å². The molecule has 0 saturated heterocycles. The van der Waals surface area contributed by atoms with Gasteiger partial charge < -0.3 is 19.9 Å². The molecule has 3 aromatic rings. The van der Waals surface area contributed by atoms with Crippen molar-refractivity contribution in [2.75, 3.05) is 32.8 Å². The topological polar surface area (TPSA) is 131 Å². The number of hydrogen-bond donors (Lipinski definition) is 3. The molecule has 0 bridgehead atoms. The normalized spacial score (nSPS) is 11.7. The zero-order valence-corrected chi connectivity index (χ0v) is 23.6. The summed E-state index contributed by atoms with van der Waals surface area (Å²) in [5.41, 5.74) is 2.05. The summed E-state index contributed by atoms with van der Waals surface area (Å²) in [6.07, 6.45) is 2.53. The Labute approximate surface area is 251 Å². The van der Waals surface area contributed by atoms with E-state index in [9.17, 15) is 23.1 Å². The molecule has 210 valence electrons. The number of methoxy groups -OCH3 is 2. The van der Waals surface area contributed by atoms with Gasteiger partial charge in [0.1, 0.15) is 6.04 Å². The molecule has 0 aliphatic rings. The van der Waals surface area contributed by atoms with Gasteiger partial charge in [-0.25, -0.2) is 17.9 Å². The van der Waals surface area contributed by atoms with Crippen molar-refractivity contribution in [1.82, 2.24) is 10.0 Å². The van der Waals surface area contributed by atoms with E-state index in [1.165, 1.54) is 37.1 Å². The second kappa shape index (κ2) is 15.7. The minimum atomic E-state index is -3.91. The van der Waals surface area contributed by atoms with Gasteiger partial charge in [0, 0.05) is 12.1 Å². The molecule has 3 rings (SSSR count). The number of nitrogens with one attached hydrogen (secondary N) is 2. The van der Waals surface area contributed by atoms with E-state index in [1.807, 2.05) is 18.4 Å². The van der Waals surface area contributed by atoms with Crippen molar-refractivity contribution >= 4 is 52.5 Å². The maximum atomic E-state index is 13.2. The van der Waals surface area contributed by atoms with Gasteiger partial charge in [-0.1, -0.05) is 36.4 Å². The number of carboxylic acid groups (broad SMARTS) is 1. The maximum absolute atomic E-state index is 13.2. The van der Waals surface area contributed by atoms with Crippen LogP contribution in [0, 0.1) is 0 Å². The SMILES string of the molecule is COc1ccc(CCNS(=O)(=O)c2ccc(C(=O)N[C@@H](CCSC)C(=O)O)c(-c3ccccc3)c2)cc1OC.[LiH]. The van der Waals surface area contributed by atoms with Crippen LogP contribution in [0.3, 0.4) is 0 Å². The Balaban J connectivity index is 0.00000560. The summed E-state index contributed by atoms with van der Waals surface area (Å²) in [5, 5.41) is 12.1. The average molecular weight is 581 g/mol. The first-order chi connectivity index (χ1) is 18.7. The molecule has 0 aliphatic carbocycles. The third-order valence-corrected chi connectivity index (χ3v) is 8.10. The molecule has 0 unspecified atom stereocenters. The van der Waals surface area contributed by atoms with E-state index in [2.05, 4.69) is 10.0 Å². The Morgan fingerprint density at radius 2 is 1.68 bits per heavy atom. The Kier molecular flexibility index (Phi) is 13.1. The number of aliphatic carboxylic acids is 1. The van der Waals surface area contributed by atoms with Crippen molar-refractivity contribution in [3.8, 4) is 22.6 Å². The molecule has 3 N–H and O–H groups in total. The number of hydrogen-bond acceptors (Lipinski definition) is 7. The van der Waals surface area contributed by atoms with E-state index in [0.29, 0.717) is 34.8 Å². The summed E-state index contributed by atoms with van der Waals surface area (Å²) in [6, 6.07) is 17.4. The molecule has 0 aliphatic heterocycles. The fraction of sp³-hybridized carbons (Fsp3) is 0.286. The van der Waals surface area contributed by atoms with Crippen LogP contribution in [-0.2, 0) is 21.2 Å². The summed E-state index contributed by atoms with van der Waals surface area (Å²) in [7, 11) is -0.840. The Morgan fingerprint density at radius 1 is 0.975 bits per heavy atom. The molecule has 0 radical (unpaired) electrons. The molecule has 9 nitrogen and oxygen atoms in total. The van der Waals surface area contributed by atoms with Crippen LogP contribution in [0.1, 0.15) is 22.3 Å². The third-order valence-electron chi connectivity index (χ3n) is 6.00. The Bertz CT molecular complexity index is 1400. The van der Waals surface area contributed by atoms with E-state index >= 15 is 0 Å². The molecule has 0 fully saturated rings. The molecule has 0 heterocycles. The first-order valence-corrected chi connectivity index (χ1v) is 15.0. The molecule has 3 aromatic carbocycles. The van der Waals surface area contributed by atoms with Crippen LogP contribution in [0.25, 0.3) is 11.1 Å². The van der Waals surface area contributed by atoms with E-state index in [4.69, 9.17) is 9.47 Å². The van der Waals surface area contributed by atoms with Crippen LogP contribution in [0.15, 0.2) is 71.6 Å². The molecular weight excluding hydrogens is 547 g/mol. The molecule has 0 saturated carbocycles. The number of carbonyl (C=O) groups is 2. The third kappa shape index (κ3) is 8.78. The number of carboxylic acids is 1. The van der Waals surface area contributed by atoms with Gasteiger partial charge in [0.2, 0.25) is 10.0 Å². The van der Waals surface area contributed by atoms with Crippen LogP contribution < -0.4 is 19.5 Å². The fourth-order valence-electron chi connectivity index (χ4n) is 3.92. The Morgan fingerprint density at radius 3 is 2.30 bits per heavy atom. The van der Waals surface area contributed by atoms with E-state index < -0.39 is 27.9 Å². The molecule has 0 aromatic heterocycles. The van der Waals surface area contributed by atoms with Gasteiger partial charge in [0.15, 0.2) is 11.5 Å². The van der Waals surface area contributed by atoms with Crippen LogP contribution in [0.2, 0.25) is 0 Å². The molecule has 0 spiro atoms. The van der Waals surface area contributed by atoms with Gasteiger partial charge in [-0.3, -0.25) is 4.79 Å². The second-order valence-electron chi connectivity index (χ2n) is 8.56. The van der Waals surface area contributed by atoms with Gasteiger partial charge in [-0.05, 0) is 71.9 Å². The van der Waals surface area contributed by atoms with Crippen molar-refractivity contribution in [3.63, 3.8) is 0 Å². The number of carbonyl (C=O) groups excluding carboxylic acids is 1. The monoisotopic (exact) mass is 580 g/mol. The van der Waals surface area contributed by atoms with Gasteiger partial charge in [-0.15, -0.1) is 0 Å². The van der Waals surface area contributed by atoms with Crippen molar-refractivity contribution < 1.29 is 32.6 Å². The second-order valence-corrected chi connectivity index (χ2v) is 11.3. The van der Waals surface area contributed by atoms with Crippen molar-refractivity contribution in [2.24, 2.45) is 0 Å². The predicted octanol–water partition coefficient (Wildman–Crippen LogP) is 3.18. The zero-order chi connectivity index (χ0) is 28.4. The summed E-state index contributed by atoms with van der Waals surface area (Å²) in [5.74, 6) is -0.0185. The number of benzene rings is 3. The number of rotatable bonds is 14. The summed E-state index contributed by atoms with van der Waals surface area (Å²) < 4.78 is 39.5. The van der Waals surface area contributed by atoms with Crippen LogP contribution in [-0.4, -0.2) is 83.1 Å². The first-order valence-electron chi connectivity index (χ1n) is 12.1. The molecule has 12 heteroatoms.